The number of hydrogen-bond donors (Lipinski definition) is 1. The maximum atomic E-state index is 13.4. The number of likely N-dealkylation sites (N-methyl/N-ethyl adjacent to an activating group) is 2. The van der Waals surface area contributed by atoms with Crippen LogP contribution in [0.4, 0.5) is 15.8 Å². The van der Waals surface area contributed by atoms with Crippen molar-refractivity contribution in [2.75, 3.05) is 27.2 Å². The summed E-state index contributed by atoms with van der Waals surface area (Å²) in [6, 6.07) is 4.49. The molecule has 2 aliphatic heterocycles. The van der Waals surface area contributed by atoms with E-state index in [-0.39, 0.29) is 33.8 Å². The third-order valence-corrected chi connectivity index (χ3v) is 5.41. The van der Waals surface area contributed by atoms with Gasteiger partial charge < -0.3 is 14.9 Å². The van der Waals surface area contributed by atoms with E-state index < -0.39 is 27.5 Å². The first-order chi connectivity index (χ1) is 15.0. The number of halogens is 1. The molecule has 0 radical (unpaired) electrons. The zero-order valence-corrected chi connectivity index (χ0v) is 17.2. The van der Waals surface area contributed by atoms with Gasteiger partial charge in [0, 0.05) is 50.4 Å². The largest absolute Gasteiger partial charge is 0.508 e. The molecule has 11 nitrogen and oxygen atoms in total. The van der Waals surface area contributed by atoms with Crippen LogP contribution in [-0.2, 0) is 12.8 Å². The van der Waals surface area contributed by atoms with Crippen LogP contribution < -0.4 is 0 Å². The van der Waals surface area contributed by atoms with Crippen molar-refractivity contribution < 1.29 is 28.9 Å². The Morgan fingerprint density at radius 3 is 1.78 bits per heavy atom. The molecule has 0 fully saturated rings. The number of amides is 2. The van der Waals surface area contributed by atoms with Gasteiger partial charge in [0.05, 0.1) is 9.85 Å². The number of aromatic hydroxyl groups is 1. The molecular formula is C20H19FN4O7. The van der Waals surface area contributed by atoms with Crippen molar-refractivity contribution in [2.24, 2.45) is 0 Å². The number of carbonyl (C=O) groups excluding carboxylic acids is 2. The molecule has 0 saturated carbocycles. The lowest BCUT2D eigenvalue weighted by molar-refractivity contribution is -0.385. The zero-order chi connectivity index (χ0) is 23.7. The average Bonchev–Trinajstić information content (AvgIpc) is 2.74. The predicted molar refractivity (Wildman–Crippen MR) is 109 cm³/mol. The predicted octanol–water partition coefficient (Wildman–Crippen LogP) is 2.29. The van der Waals surface area contributed by atoms with E-state index in [1.807, 2.05) is 0 Å². The van der Waals surface area contributed by atoms with Crippen molar-refractivity contribution in [3.05, 3.63) is 72.6 Å². The van der Waals surface area contributed by atoms with Gasteiger partial charge >= 0.3 is 0 Å². The van der Waals surface area contributed by atoms with E-state index in [1.165, 1.54) is 15.9 Å². The fraction of sp³-hybridized carbons (Fsp3) is 0.300. The first-order valence-electron chi connectivity index (χ1n) is 9.50. The van der Waals surface area contributed by atoms with Gasteiger partial charge in [-0.25, -0.2) is 4.39 Å². The lowest BCUT2D eigenvalue weighted by Gasteiger charge is -2.24. The second kappa shape index (κ2) is 8.57. The summed E-state index contributed by atoms with van der Waals surface area (Å²) < 4.78 is 13.4. The van der Waals surface area contributed by atoms with E-state index in [4.69, 9.17) is 0 Å². The summed E-state index contributed by atoms with van der Waals surface area (Å²) in [7, 11) is 3.12. The Hall–Kier alpha value is -4.09. The third kappa shape index (κ3) is 3.94. The maximum absolute atomic E-state index is 13.4. The summed E-state index contributed by atoms with van der Waals surface area (Å²) in [6.07, 6.45) is 0.746. The number of rotatable bonds is 2. The van der Waals surface area contributed by atoms with Crippen LogP contribution >= 0.6 is 0 Å². The van der Waals surface area contributed by atoms with Crippen LogP contribution in [0.5, 0.6) is 5.75 Å². The number of phenolic OH excluding ortho intramolecular Hbond substituents is 1. The van der Waals surface area contributed by atoms with E-state index in [0.29, 0.717) is 31.5 Å². The SMILES string of the molecule is CN1CCc2c(F)ccc([N+](=O)[O-])c2C1=O.CN1CCc2c(O)ccc([N+](=O)[O-])c2C1=O. The molecular weight excluding hydrogens is 427 g/mol. The highest BCUT2D eigenvalue weighted by Gasteiger charge is 2.33. The average molecular weight is 446 g/mol. The molecule has 2 aromatic rings. The van der Waals surface area contributed by atoms with Gasteiger partial charge in [0.2, 0.25) is 0 Å². The van der Waals surface area contributed by atoms with Gasteiger partial charge in [-0.05, 0) is 25.0 Å². The molecule has 0 aliphatic carbocycles. The lowest BCUT2D eigenvalue weighted by Crippen LogP contribution is -2.35. The van der Waals surface area contributed by atoms with E-state index in [0.717, 1.165) is 18.2 Å². The summed E-state index contributed by atoms with van der Waals surface area (Å²) in [5.41, 5.74) is -0.149. The first-order valence-corrected chi connectivity index (χ1v) is 9.50. The van der Waals surface area contributed by atoms with Gasteiger partial charge in [-0.2, -0.15) is 0 Å². The molecule has 0 spiro atoms. The number of benzene rings is 2. The second-order valence-corrected chi connectivity index (χ2v) is 7.35. The summed E-state index contributed by atoms with van der Waals surface area (Å²) >= 11 is 0. The molecule has 0 bridgehead atoms. The molecule has 0 unspecified atom stereocenters. The number of phenols is 1. The third-order valence-electron chi connectivity index (χ3n) is 5.41. The summed E-state index contributed by atoms with van der Waals surface area (Å²) in [5, 5.41) is 31.1. The summed E-state index contributed by atoms with van der Waals surface area (Å²) in [6.45, 7) is 0.838. The Morgan fingerprint density at radius 1 is 0.844 bits per heavy atom. The molecule has 32 heavy (non-hydrogen) atoms. The highest BCUT2D eigenvalue weighted by atomic mass is 19.1. The van der Waals surface area contributed by atoms with Crippen LogP contribution in [0.25, 0.3) is 0 Å². The first kappa shape index (κ1) is 22.6. The molecule has 0 aromatic heterocycles. The van der Waals surface area contributed by atoms with Crippen LogP contribution in [0.2, 0.25) is 0 Å². The maximum Gasteiger partial charge on any atom is 0.282 e. The Bertz CT molecular complexity index is 1060. The second-order valence-electron chi connectivity index (χ2n) is 7.35. The van der Waals surface area contributed by atoms with Gasteiger partial charge in [0.15, 0.2) is 0 Å². The number of carbonyl (C=O) groups is 2. The van der Waals surface area contributed by atoms with Gasteiger partial charge in [-0.1, -0.05) is 0 Å². The number of hydrogen-bond acceptors (Lipinski definition) is 7. The normalized spacial score (nSPS) is 14.8. The molecule has 2 heterocycles. The van der Waals surface area contributed by atoms with Crippen molar-refractivity contribution in [2.45, 2.75) is 12.8 Å². The monoisotopic (exact) mass is 446 g/mol. The van der Waals surface area contributed by atoms with Gasteiger partial charge in [0.1, 0.15) is 22.7 Å². The van der Waals surface area contributed by atoms with Crippen molar-refractivity contribution >= 4 is 23.2 Å². The summed E-state index contributed by atoms with van der Waals surface area (Å²) in [5.74, 6) is -1.51. The van der Waals surface area contributed by atoms with Gasteiger partial charge in [-0.3, -0.25) is 29.8 Å². The van der Waals surface area contributed by atoms with E-state index in [1.54, 1.807) is 14.1 Å². The smallest absolute Gasteiger partial charge is 0.282 e. The summed E-state index contributed by atoms with van der Waals surface area (Å²) in [4.78, 5) is 46.6. The van der Waals surface area contributed by atoms with Crippen molar-refractivity contribution in [1.29, 1.82) is 0 Å². The molecule has 2 aliphatic rings. The number of fused-ring (bicyclic) bond motifs is 2. The van der Waals surface area contributed by atoms with Crippen LogP contribution in [0.15, 0.2) is 24.3 Å². The molecule has 168 valence electrons. The number of nitro groups is 2. The highest BCUT2D eigenvalue weighted by molar-refractivity contribution is 6.01. The molecule has 2 aromatic carbocycles. The fourth-order valence-corrected chi connectivity index (χ4v) is 3.66. The van der Waals surface area contributed by atoms with Crippen molar-refractivity contribution in [1.82, 2.24) is 9.80 Å². The minimum atomic E-state index is -0.657. The molecule has 12 heteroatoms. The minimum Gasteiger partial charge on any atom is -0.508 e. The molecule has 1 N–H and O–H groups in total. The van der Waals surface area contributed by atoms with E-state index in [2.05, 4.69) is 0 Å². The molecule has 4 rings (SSSR count). The Morgan fingerprint density at radius 2 is 1.28 bits per heavy atom. The van der Waals surface area contributed by atoms with E-state index >= 15 is 0 Å². The van der Waals surface area contributed by atoms with Crippen LogP contribution in [0.3, 0.4) is 0 Å². The molecule has 0 saturated heterocycles. The minimum absolute atomic E-state index is 0.0127. The van der Waals surface area contributed by atoms with Crippen LogP contribution in [0.1, 0.15) is 31.8 Å². The van der Waals surface area contributed by atoms with Crippen molar-refractivity contribution in [3.63, 3.8) is 0 Å². The topological polar surface area (TPSA) is 147 Å². The quantitative estimate of drug-likeness (QED) is 0.550. The fourth-order valence-electron chi connectivity index (χ4n) is 3.66. The standard InChI is InChI=1S/C10H9FN2O3.C10H10N2O4/c1-12-5-4-6-7(11)2-3-8(13(15)16)9(6)10(12)14;1-11-5-4-6-8(13)3-2-7(12(15)16)9(6)10(11)14/h2-3H,4-5H2,1H3;2-3,13H,4-5H2,1H3. The highest BCUT2D eigenvalue weighted by Crippen LogP contribution is 2.33. The zero-order valence-electron chi connectivity index (χ0n) is 17.2. The van der Waals surface area contributed by atoms with Gasteiger partial charge in [0.25, 0.3) is 23.2 Å². The molecule has 0 atom stereocenters. The lowest BCUT2D eigenvalue weighted by atomic mass is 9.96. The molecule has 2 amide bonds. The van der Waals surface area contributed by atoms with Gasteiger partial charge in [-0.15, -0.1) is 0 Å². The van der Waals surface area contributed by atoms with Crippen LogP contribution in [0, 0.1) is 26.0 Å². The Balaban J connectivity index is 0.000000181. The Labute approximate surface area is 181 Å². The van der Waals surface area contributed by atoms with Crippen LogP contribution in [-0.4, -0.2) is 63.8 Å². The Kier molecular flexibility index (Phi) is 6.05. The number of nitro benzene ring substituents is 2. The number of nitrogens with zero attached hydrogens (tertiary/aromatic N) is 4. The van der Waals surface area contributed by atoms with Crippen molar-refractivity contribution in [3.8, 4) is 5.75 Å². The van der Waals surface area contributed by atoms with E-state index in [9.17, 15) is 39.3 Å².